The van der Waals surface area contributed by atoms with Crippen molar-refractivity contribution in [2.75, 3.05) is 19.4 Å². The normalized spacial score (nSPS) is 11.2. The van der Waals surface area contributed by atoms with Crippen molar-refractivity contribution in [1.82, 2.24) is 14.3 Å². The van der Waals surface area contributed by atoms with Crippen LogP contribution in [0.4, 0.5) is 5.69 Å². The maximum Gasteiger partial charge on any atom is 0.276 e. The van der Waals surface area contributed by atoms with Crippen molar-refractivity contribution in [3.8, 4) is 0 Å². The second kappa shape index (κ2) is 6.90. The highest BCUT2D eigenvalue weighted by Gasteiger charge is 2.19. The lowest BCUT2D eigenvalue weighted by Gasteiger charge is -2.12. The van der Waals surface area contributed by atoms with Crippen molar-refractivity contribution in [1.29, 1.82) is 0 Å². The Bertz CT molecular complexity index is 901. The zero-order valence-electron chi connectivity index (χ0n) is 13.9. The van der Waals surface area contributed by atoms with Gasteiger partial charge in [0.25, 0.3) is 5.91 Å². The van der Waals surface area contributed by atoms with Crippen molar-refractivity contribution in [2.24, 2.45) is 0 Å². The van der Waals surface area contributed by atoms with Gasteiger partial charge >= 0.3 is 0 Å². The Morgan fingerprint density at radius 2 is 2.08 bits per heavy atom. The second-order valence-corrected chi connectivity index (χ2v) is 7.23. The highest BCUT2D eigenvalue weighted by molar-refractivity contribution is 14.1. The zero-order valence-corrected chi connectivity index (χ0v) is 16.0. The van der Waals surface area contributed by atoms with Crippen LogP contribution < -0.4 is 5.32 Å². The Kier molecular flexibility index (Phi) is 4.86. The summed E-state index contributed by atoms with van der Waals surface area (Å²) in [6.45, 7) is 2.63. The molecule has 1 aromatic carbocycles. The molecule has 5 nitrogen and oxygen atoms in total. The Hall–Kier alpha value is -1.93. The first kappa shape index (κ1) is 16.9. The van der Waals surface area contributed by atoms with Crippen LogP contribution in [0.3, 0.4) is 0 Å². The number of carbonyl (C=O) groups is 1. The van der Waals surface area contributed by atoms with Gasteiger partial charge in [-0.2, -0.15) is 0 Å². The molecule has 0 spiro atoms. The van der Waals surface area contributed by atoms with Gasteiger partial charge in [-0.25, -0.2) is 4.98 Å². The van der Waals surface area contributed by atoms with Gasteiger partial charge in [-0.05, 0) is 79.5 Å². The molecule has 0 aliphatic carbocycles. The Morgan fingerprint density at radius 3 is 2.79 bits per heavy atom. The van der Waals surface area contributed by atoms with Crippen LogP contribution >= 0.6 is 22.6 Å². The van der Waals surface area contributed by atoms with Crippen molar-refractivity contribution in [3.05, 3.63) is 63.1 Å². The molecule has 2 heterocycles. The molecule has 0 radical (unpaired) electrons. The van der Waals surface area contributed by atoms with Crippen LogP contribution in [0.25, 0.3) is 5.65 Å². The number of hydrogen-bond acceptors (Lipinski definition) is 3. The van der Waals surface area contributed by atoms with E-state index in [0.717, 1.165) is 26.2 Å². The van der Waals surface area contributed by atoms with Gasteiger partial charge in [0.05, 0.1) is 5.69 Å². The molecule has 0 aliphatic rings. The fraction of sp³-hybridized carbons (Fsp3) is 0.222. The number of rotatable bonds is 4. The third kappa shape index (κ3) is 3.44. The number of benzene rings is 1. The first-order valence-electron chi connectivity index (χ1n) is 7.64. The Balaban J connectivity index is 1.99. The molecule has 0 fully saturated rings. The molecule has 0 saturated carbocycles. The number of nitrogens with zero attached hydrogens (tertiary/aromatic N) is 3. The van der Waals surface area contributed by atoms with E-state index >= 15 is 0 Å². The second-order valence-electron chi connectivity index (χ2n) is 5.99. The molecule has 0 saturated heterocycles. The van der Waals surface area contributed by atoms with Gasteiger partial charge in [0.2, 0.25) is 0 Å². The fourth-order valence-electron chi connectivity index (χ4n) is 2.63. The molecule has 2 aromatic heterocycles. The SMILES string of the molecule is Cc1cc(I)ccc1NC(=O)c1nc2ccccn2c1CN(C)C. The summed E-state index contributed by atoms with van der Waals surface area (Å²) in [6, 6.07) is 11.7. The molecule has 0 aliphatic heterocycles. The summed E-state index contributed by atoms with van der Waals surface area (Å²) in [6.07, 6.45) is 1.94. The van der Waals surface area contributed by atoms with Crippen LogP contribution in [0, 0.1) is 10.5 Å². The average Bonchev–Trinajstić information content (AvgIpc) is 2.88. The van der Waals surface area contributed by atoms with Crippen LogP contribution in [0.2, 0.25) is 0 Å². The summed E-state index contributed by atoms with van der Waals surface area (Å²) in [5.41, 5.74) is 3.98. The number of imidazole rings is 1. The third-order valence-electron chi connectivity index (χ3n) is 3.75. The summed E-state index contributed by atoms with van der Waals surface area (Å²) in [7, 11) is 3.96. The van der Waals surface area contributed by atoms with Gasteiger partial charge in [-0.3, -0.25) is 4.79 Å². The van der Waals surface area contributed by atoms with Crippen LogP contribution in [0.1, 0.15) is 21.7 Å². The quantitative estimate of drug-likeness (QED) is 0.639. The highest BCUT2D eigenvalue weighted by Crippen LogP contribution is 2.20. The van der Waals surface area contributed by atoms with E-state index in [9.17, 15) is 4.79 Å². The molecule has 1 N–H and O–H groups in total. The predicted octanol–water partition coefficient (Wildman–Crippen LogP) is 3.56. The number of pyridine rings is 1. The van der Waals surface area contributed by atoms with E-state index in [1.54, 1.807) is 0 Å². The van der Waals surface area contributed by atoms with E-state index in [1.165, 1.54) is 0 Å². The Morgan fingerprint density at radius 1 is 1.29 bits per heavy atom. The van der Waals surface area contributed by atoms with Gasteiger partial charge < -0.3 is 14.6 Å². The van der Waals surface area contributed by atoms with Gasteiger partial charge in [-0.15, -0.1) is 0 Å². The minimum absolute atomic E-state index is 0.181. The molecule has 6 heteroatoms. The van der Waals surface area contributed by atoms with Crippen LogP contribution in [-0.4, -0.2) is 34.3 Å². The largest absolute Gasteiger partial charge is 0.320 e. The first-order chi connectivity index (χ1) is 11.5. The first-order valence-corrected chi connectivity index (χ1v) is 8.72. The number of nitrogens with one attached hydrogen (secondary N) is 1. The van der Waals surface area contributed by atoms with E-state index in [-0.39, 0.29) is 5.91 Å². The van der Waals surface area contributed by atoms with Crippen LogP contribution in [0.15, 0.2) is 42.6 Å². The molecule has 1 amide bonds. The standard InChI is InChI=1S/C18H19IN4O/c1-12-10-13(19)7-8-14(12)20-18(24)17-15(11-22(2)3)23-9-5-4-6-16(23)21-17/h4-10H,11H2,1-3H3,(H,20,24). The maximum absolute atomic E-state index is 12.8. The average molecular weight is 434 g/mol. The smallest absolute Gasteiger partial charge is 0.276 e. The number of amides is 1. The van der Waals surface area contributed by atoms with Gasteiger partial charge in [0, 0.05) is 22.0 Å². The number of fused-ring (bicyclic) bond motifs is 1. The van der Waals surface area contributed by atoms with E-state index in [1.807, 2.05) is 72.9 Å². The number of halogens is 1. The predicted molar refractivity (Wildman–Crippen MR) is 104 cm³/mol. The topological polar surface area (TPSA) is 49.6 Å². The molecular weight excluding hydrogens is 415 g/mol. The van der Waals surface area contributed by atoms with Crippen LogP contribution in [0.5, 0.6) is 0 Å². The van der Waals surface area contributed by atoms with Crippen molar-refractivity contribution in [3.63, 3.8) is 0 Å². The minimum Gasteiger partial charge on any atom is -0.320 e. The number of carbonyl (C=O) groups excluding carboxylic acids is 1. The third-order valence-corrected chi connectivity index (χ3v) is 4.42. The fourth-order valence-corrected chi connectivity index (χ4v) is 3.27. The van der Waals surface area contributed by atoms with E-state index in [0.29, 0.717) is 12.2 Å². The summed E-state index contributed by atoms with van der Waals surface area (Å²) in [5.74, 6) is -0.181. The number of anilines is 1. The van der Waals surface area contributed by atoms with Crippen molar-refractivity contribution in [2.45, 2.75) is 13.5 Å². The summed E-state index contributed by atoms with van der Waals surface area (Å²) in [4.78, 5) is 19.4. The van der Waals surface area contributed by atoms with Crippen molar-refractivity contribution < 1.29 is 4.79 Å². The van der Waals surface area contributed by atoms with E-state index in [4.69, 9.17) is 0 Å². The minimum atomic E-state index is -0.181. The molecule has 124 valence electrons. The number of aryl methyl sites for hydroxylation is 1. The molecule has 24 heavy (non-hydrogen) atoms. The Labute approximate surface area is 154 Å². The summed E-state index contributed by atoms with van der Waals surface area (Å²) < 4.78 is 3.11. The summed E-state index contributed by atoms with van der Waals surface area (Å²) in [5, 5.41) is 2.99. The lowest BCUT2D eigenvalue weighted by atomic mass is 10.2. The molecule has 3 aromatic rings. The highest BCUT2D eigenvalue weighted by atomic mass is 127. The zero-order chi connectivity index (χ0) is 17.3. The molecule has 0 bridgehead atoms. The molecule has 0 unspecified atom stereocenters. The van der Waals surface area contributed by atoms with Crippen molar-refractivity contribution >= 4 is 39.8 Å². The number of hydrogen-bond donors (Lipinski definition) is 1. The van der Waals surface area contributed by atoms with E-state index < -0.39 is 0 Å². The van der Waals surface area contributed by atoms with E-state index in [2.05, 4.69) is 32.9 Å². The number of aromatic nitrogens is 2. The van der Waals surface area contributed by atoms with Gasteiger partial charge in [0.15, 0.2) is 5.69 Å². The maximum atomic E-state index is 12.8. The summed E-state index contributed by atoms with van der Waals surface area (Å²) >= 11 is 2.26. The van der Waals surface area contributed by atoms with Gasteiger partial charge in [0.1, 0.15) is 5.65 Å². The molecule has 3 rings (SSSR count). The van der Waals surface area contributed by atoms with Crippen LogP contribution in [-0.2, 0) is 6.54 Å². The van der Waals surface area contributed by atoms with Gasteiger partial charge in [-0.1, -0.05) is 6.07 Å². The molecular formula is C18H19IN4O. The lowest BCUT2D eigenvalue weighted by Crippen LogP contribution is -2.19. The monoisotopic (exact) mass is 434 g/mol. The lowest BCUT2D eigenvalue weighted by molar-refractivity contribution is 0.102. The molecule has 0 atom stereocenters.